The fraction of sp³-hybridized carbons (Fsp3) is 0.0513. The van der Waals surface area contributed by atoms with Crippen LogP contribution in [0.15, 0.2) is 105 Å². The number of urea groups is 1. The van der Waals surface area contributed by atoms with Crippen LogP contribution in [0.3, 0.4) is 0 Å². The van der Waals surface area contributed by atoms with Crippen LogP contribution in [0.2, 0.25) is 0 Å². The maximum absolute atomic E-state index is 14.0. The van der Waals surface area contributed by atoms with Gasteiger partial charge in [0.15, 0.2) is 0 Å². The van der Waals surface area contributed by atoms with Gasteiger partial charge < -0.3 is 20.1 Å². The predicted octanol–water partition coefficient (Wildman–Crippen LogP) is 5.56. The normalized spacial score (nSPS) is 13.9. The smallest absolute Gasteiger partial charge is 0.409 e. The van der Waals surface area contributed by atoms with Crippen LogP contribution in [0.1, 0.15) is 31.8 Å². The average molecular weight is 983 g/mol. The van der Waals surface area contributed by atoms with Gasteiger partial charge in [-0.15, -0.1) is 0 Å². The molecule has 2 aliphatic rings. The van der Waals surface area contributed by atoms with E-state index in [1.54, 1.807) is 0 Å². The Bertz CT molecular complexity index is 3490. The zero-order chi connectivity index (χ0) is 48.2. The molecular formula is C39H26N4O19S4. The molecule has 0 radical (unpaired) electrons. The molecule has 0 aromatic heterocycles. The Kier molecular flexibility index (Phi) is 10.5. The molecule has 6 amide bonds. The molecule has 27 heteroatoms. The number of hydrogen-bond acceptors (Lipinski definition) is 15. The van der Waals surface area contributed by atoms with Crippen LogP contribution in [0.25, 0.3) is 21.5 Å². The number of aryl methyl sites for hydroxylation is 2. The van der Waals surface area contributed by atoms with E-state index in [0.29, 0.717) is 20.9 Å². The van der Waals surface area contributed by atoms with Crippen molar-refractivity contribution in [1.82, 2.24) is 0 Å². The molecule has 0 unspecified atom stereocenters. The van der Waals surface area contributed by atoms with Crippen molar-refractivity contribution in [2.45, 2.75) is 33.4 Å². The summed E-state index contributed by atoms with van der Waals surface area (Å²) in [4.78, 5) is 65.8. The molecule has 6 aromatic rings. The van der Waals surface area contributed by atoms with E-state index in [9.17, 15) is 75.9 Å². The summed E-state index contributed by atoms with van der Waals surface area (Å²) in [6, 6.07) is 12.9. The molecule has 340 valence electrons. The van der Waals surface area contributed by atoms with E-state index in [1.807, 2.05) is 0 Å². The summed E-state index contributed by atoms with van der Waals surface area (Å²) in [6.07, 6.45) is -2.90. The van der Waals surface area contributed by atoms with Crippen molar-refractivity contribution in [2.24, 2.45) is 0 Å². The lowest BCUT2D eigenvalue weighted by molar-refractivity contribution is 0.0973. The van der Waals surface area contributed by atoms with Gasteiger partial charge in [-0.25, -0.2) is 24.2 Å². The molecular weight excluding hydrogens is 957 g/mol. The number of carbonyl (C=O) groups is 5. The number of nitrogens with one attached hydrogen (secondary N) is 2. The van der Waals surface area contributed by atoms with Crippen LogP contribution in [0.4, 0.5) is 37.1 Å². The maximum atomic E-state index is 14.0. The number of anilines is 4. The van der Waals surface area contributed by atoms with Crippen molar-refractivity contribution in [2.75, 3.05) is 20.4 Å². The number of benzene rings is 6. The molecule has 8 rings (SSSR count). The second kappa shape index (κ2) is 15.4. The van der Waals surface area contributed by atoms with E-state index < -0.39 is 113 Å². The molecule has 0 aliphatic carbocycles. The third kappa shape index (κ3) is 8.15. The lowest BCUT2D eigenvalue weighted by Crippen LogP contribution is -2.41. The first-order chi connectivity index (χ1) is 30.6. The van der Waals surface area contributed by atoms with Crippen LogP contribution in [0, 0.1) is 13.8 Å². The van der Waals surface area contributed by atoms with Gasteiger partial charge in [-0.1, -0.05) is 12.1 Å². The van der Waals surface area contributed by atoms with Crippen molar-refractivity contribution >= 4 is 115 Å². The molecule has 6 N–H and O–H groups in total. The zero-order valence-corrected chi connectivity index (χ0v) is 36.3. The first-order valence-corrected chi connectivity index (χ1v) is 23.9. The minimum absolute atomic E-state index is 0.0294. The summed E-state index contributed by atoms with van der Waals surface area (Å²) in [5, 5.41) is 4.18. The van der Waals surface area contributed by atoms with E-state index in [-0.39, 0.29) is 44.0 Å². The summed E-state index contributed by atoms with van der Waals surface area (Å²) in [6.45, 7) is 3.05. The Labute approximate surface area is 371 Å². The Hall–Kier alpha value is -7.37. The van der Waals surface area contributed by atoms with Crippen molar-refractivity contribution in [3.05, 3.63) is 107 Å². The Balaban J connectivity index is 1.09. The third-order valence-corrected chi connectivity index (χ3v) is 13.5. The van der Waals surface area contributed by atoms with Gasteiger partial charge in [0.05, 0.1) is 31.0 Å². The third-order valence-electron chi connectivity index (χ3n) is 10.2. The monoisotopic (exact) mass is 982 g/mol. The summed E-state index contributed by atoms with van der Waals surface area (Å²) in [5.41, 5.74) is -0.856. The summed E-state index contributed by atoms with van der Waals surface area (Å²) in [5.74, 6) is -3.25. The highest BCUT2D eigenvalue weighted by atomic mass is 32.2. The van der Waals surface area contributed by atoms with Gasteiger partial charge in [0.25, 0.3) is 52.3 Å². The molecule has 0 fully saturated rings. The van der Waals surface area contributed by atoms with E-state index in [1.165, 1.54) is 38.1 Å². The van der Waals surface area contributed by atoms with Crippen molar-refractivity contribution < 1.29 is 85.3 Å². The zero-order valence-electron chi connectivity index (χ0n) is 33.0. The second-order valence-electron chi connectivity index (χ2n) is 14.5. The Morgan fingerprint density at radius 3 is 1.12 bits per heavy atom. The summed E-state index contributed by atoms with van der Waals surface area (Å²) >= 11 is 0. The highest BCUT2D eigenvalue weighted by Crippen LogP contribution is 2.45. The van der Waals surface area contributed by atoms with Gasteiger partial charge in [-0.05, 0) is 96.4 Å². The molecule has 0 bridgehead atoms. The Morgan fingerprint density at radius 2 is 0.803 bits per heavy atom. The van der Waals surface area contributed by atoms with E-state index in [0.717, 1.165) is 60.7 Å². The topological polar surface area (TPSA) is 352 Å². The lowest BCUT2D eigenvalue weighted by atomic mass is 10.0. The van der Waals surface area contributed by atoms with Crippen molar-refractivity contribution in [1.29, 1.82) is 0 Å². The van der Waals surface area contributed by atoms with Crippen LogP contribution in [0.5, 0.6) is 11.5 Å². The van der Waals surface area contributed by atoms with Gasteiger partial charge in [0.1, 0.15) is 11.5 Å². The second-order valence-corrected chi connectivity index (χ2v) is 20.2. The van der Waals surface area contributed by atoms with Gasteiger partial charge in [0, 0.05) is 45.4 Å². The molecule has 23 nitrogen and oxygen atoms in total. The van der Waals surface area contributed by atoms with Crippen molar-refractivity contribution in [3.63, 3.8) is 0 Å². The van der Waals surface area contributed by atoms with E-state index in [2.05, 4.69) is 10.6 Å². The molecule has 2 aliphatic heterocycles. The van der Waals surface area contributed by atoms with Gasteiger partial charge in [0.2, 0.25) is 0 Å². The highest BCUT2D eigenvalue weighted by Gasteiger charge is 2.38. The minimum atomic E-state index is -5.05. The van der Waals surface area contributed by atoms with Gasteiger partial charge >= 0.3 is 18.2 Å². The molecule has 0 spiro atoms. The molecule has 66 heavy (non-hydrogen) atoms. The molecule has 0 atom stereocenters. The molecule has 2 heterocycles. The minimum Gasteiger partial charge on any atom is -0.409 e. The highest BCUT2D eigenvalue weighted by molar-refractivity contribution is 7.86. The number of carbonyl (C=O) groups excluding carboxylic acids is 5. The summed E-state index contributed by atoms with van der Waals surface area (Å²) < 4.78 is 146. The first kappa shape index (κ1) is 45.2. The maximum Gasteiger partial charge on any atom is 0.427 e. The average Bonchev–Trinajstić information content (AvgIpc) is 3.20. The van der Waals surface area contributed by atoms with Crippen LogP contribution >= 0.6 is 0 Å². The number of nitrogens with zero attached hydrogens (tertiary/aromatic N) is 2. The number of hydrogen-bond donors (Lipinski definition) is 6. The molecule has 6 aromatic carbocycles. The SMILES string of the molecule is Cc1ccc(C(=O)N2C(=O)Oc3cc(S(=O)(=O)O)cc4cc(S(=O)(=O)O)cc2c34)cc1NC(=O)Nc1cc(C(=O)N2C(=O)Oc3cc(S(=O)(=O)O)cc4cc(S(=O)(=O)O)cc2c34)ccc1C. The fourth-order valence-corrected chi connectivity index (χ4v) is 9.22. The van der Waals surface area contributed by atoms with Crippen molar-refractivity contribution in [3.8, 4) is 11.5 Å². The largest absolute Gasteiger partial charge is 0.427 e. The fourth-order valence-electron chi connectivity index (χ4n) is 7.08. The Morgan fingerprint density at radius 1 is 0.485 bits per heavy atom. The summed E-state index contributed by atoms with van der Waals surface area (Å²) in [7, 11) is -20.0. The number of ether oxygens (including phenoxy) is 2. The predicted molar refractivity (Wildman–Crippen MR) is 228 cm³/mol. The van der Waals surface area contributed by atoms with Gasteiger partial charge in [-0.3, -0.25) is 27.8 Å². The number of imide groups is 2. The molecule has 0 saturated carbocycles. The lowest BCUT2D eigenvalue weighted by Gasteiger charge is -2.28. The van der Waals surface area contributed by atoms with E-state index >= 15 is 0 Å². The number of amides is 6. The first-order valence-electron chi connectivity index (χ1n) is 18.2. The standard InChI is InChI=1S/C39H26N4O19S4/c1-17-3-5-19(35(44)42-29-13-23(63(49,50)51)7-21-9-25(65(55,56)57)15-31(33(21)29)61-38(42)47)11-27(17)40-37(46)41-28-12-20(6-4-18(28)2)36(45)43-30-14-24(64(52,53)54)8-22-10-26(66(58,59)60)16-32(34(22)30)62-39(43)48/h3-16H,1-2H3,(H2,40,41,46)(H,49,50,51)(H,52,53,54)(H,55,56,57)(H,58,59,60). The quantitative estimate of drug-likeness (QED) is 0.102. The van der Waals surface area contributed by atoms with E-state index in [4.69, 9.17) is 9.47 Å². The van der Waals surface area contributed by atoms with Crippen LogP contribution in [-0.2, 0) is 40.5 Å². The van der Waals surface area contributed by atoms with Gasteiger partial charge in [-0.2, -0.15) is 33.7 Å². The molecule has 0 saturated heterocycles. The van der Waals surface area contributed by atoms with Crippen LogP contribution in [-0.4, -0.2) is 81.9 Å². The number of rotatable bonds is 8. The van der Waals surface area contributed by atoms with Crippen LogP contribution < -0.4 is 29.9 Å².